The molecule has 2 bridgehead atoms. The van der Waals surface area contributed by atoms with Crippen LogP contribution < -0.4 is 10.6 Å². The molecule has 0 aliphatic carbocycles. The number of nitrogens with one attached hydrogen (secondary N) is 2. The van der Waals surface area contributed by atoms with Crippen molar-refractivity contribution >= 4 is 17.3 Å². The van der Waals surface area contributed by atoms with Crippen molar-refractivity contribution in [2.75, 3.05) is 5.32 Å². The number of piperidine rings is 1. The molecule has 2 N–H and O–H groups in total. The molecule has 3 nitrogen and oxygen atoms in total. The third kappa shape index (κ3) is 2.31. The Morgan fingerprint density at radius 2 is 2.00 bits per heavy atom. The van der Waals surface area contributed by atoms with Gasteiger partial charge in [-0.05, 0) is 43.9 Å². The topological polar surface area (TPSA) is 47.9 Å². The number of anilines is 1. The molecule has 0 radical (unpaired) electrons. The van der Waals surface area contributed by atoms with Crippen LogP contribution >= 0.6 is 11.6 Å². The maximum absolute atomic E-state index is 9.13. The summed E-state index contributed by atoms with van der Waals surface area (Å²) >= 11 is 5.91. The zero-order chi connectivity index (χ0) is 12.5. The number of rotatable bonds is 2. The highest BCUT2D eigenvalue weighted by molar-refractivity contribution is 6.30. The third-order valence-electron chi connectivity index (χ3n) is 3.93. The Kier molecular flexibility index (Phi) is 3.15. The van der Waals surface area contributed by atoms with E-state index in [0.717, 1.165) is 18.5 Å². The van der Waals surface area contributed by atoms with Crippen LogP contribution in [0.25, 0.3) is 0 Å². The van der Waals surface area contributed by atoms with E-state index < -0.39 is 0 Å². The van der Waals surface area contributed by atoms with Crippen LogP contribution in [0.15, 0.2) is 18.2 Å². The Balaban J connectivity index is 1.75. The first-order chi connectivity index (χ1) is 8.74. The molecule has 0 spiro atoms. The standard InChI is InChI=1S/C14H16ClN3/c15-10-1-4-14(9(5-10)8-16)18-13-6-11-2-3-12(7-13)17-11/h1,4-5,11-13,17-18H,2-3,6-7H2. The van der Waals surface area contributed by atoms with Gasteiger partial charge in [-0.3, -0.25) is 0 Å². The van der Waals surface area contributed by atoms with E-state index in [0.29, 0.717) is 28.7 Å². The van der Waals surface area contributed by atoms with Crippen LogP contribution in [0.3, 0.4) is 0 Å². The highest BCUT2D eigenvalue weighted by atomic mass is 35.5. The second-order valence-corrected chi connectivity index (χ2v) is 5.69. The van der Waals surface area contributed by atoms with Gasteiger partial charge in [-0.1, -0.05) is 11.6 Å². The quantitative estimate of drug-likeness (QED) is 0.861. The van der Waals surface area contributed by atoms with Gasteiger partial charge in [0.2, 0.25) is 0 Å². The lowest BCUT2D eigenvalue weighted by Gasteiger charge is -2.30. The lowest BCUT2D eigenvalue weighted by atomic mass is 9.99. The first-order valence-electron chi connectivity index (χ1n) is 6.47. The van der Waals surface area contributed by atoms with Crippen molar-refractivity contribution in [3.63, 3.8) is 0 Å². The highest BCUT2D eigenvalue weighted by Crippen LogP contribution is 2.30. The van der Waals surface area contributed by atoms with Crippen molar-refractivity contribution in [1.82, 2.24) is 5.32 Å². The zero-order valence-corrected chi connectivity index (χ0v) is 10.9. The molecular weight excluding hydrogens is 246 g/mol. The van der Waals surface area contributed by atoms with Crippen LogP contribution in [0.2, 0.25) is 5.02 Å². The SMILES string of the molecule is N#Cc1cc(Cl)ccc1NC1CC2CCC(C1)N2. The largest absolute Gasteiger partial charge is 0.381 e. The molecule has 2 aliphatic rings. The van der Waals surface area contributed by atoms with E-state index in [1.807, 2.05) is 12.1 Å². The molecule has 4 heteroatoms. The minimum atomic E-state index is 0.469. The Labute approximate surface area is 112 Å². The summed E-state index contributed by atoms with van der Waals surface area (Å²) in [7, 11) is 0. The number of hydrogen-bond donors (Lipinski definition) is 2. The van der Waals surface area contributed by atoms with Crippen LogP contribution in [-0.4, -0.2) is 18.1 Å². The minimum Gasteiger partial charge on any atom is -0.381 e. The molecule has 3 rings (SSSR count). The van der Waals surface area contributed by atoms with Gasteiger partial charge in [0.25, 0.3) is 0 Å². The summed E-state index contributed by atoms with van der Waals surface area (Å²) in [6.45, 7) is 0. The summed E-state index contributed by atoms with van der Waals surface area (Å²) in [6.07, 6.45) is 4.86. The van der Waals surface area contributed by atoms with Gasteiger partial charge in [-0.2, -0.15) is 5.26 Å². The van der Waals surface area contributed by atoms with Crippen LogP contribution in [0.1, 0.15) is 31.2 Å². The fourth-order valence-corrected chi connectivity index (χ4v) is 3.30. The average molecular weight is 262 g/mol. The minimum absolute atomic E-state index is 0.469. The van der Waals surface area contributed by atoms with Crippen molar-refractivity contribution in [3.8, 4) is 6.07 Å². The van der Waals surface area contributed by atoms with Crippen LogP contribution in [0.4, 0.5) is 5.69 Å². The van der Waals surface area contributed by atoms with E-state index in [1.54, 1.807) is 6.07 Å². The van der Waals surface area contributed by atoms with Crippen molar-refractivity contribution in [2.24, 2.45) is 0 Å². The molecule has 1 aromatic rings. The maximum Gasteiger partial charge on any atom is 0.101 e. The lowest BCUT2D eigenvalue weighted by Crippen LogP contribution is -2.43. The predicted octanol–water partition coefficient (Wildman–Crippen LogP) is 2.91. The van der Waals surface area contributed by atoms with Crippen LogP contribution in [0, 0.1) is 11.3 Å². The summed E-state index contributed by atoms with van der Waals surface area (Å²) in [5.41, 5.74) is 1.54. The predicted molar refractivity (Wildman–Crippen MR) is 72.8 cm³/mol. The molecule has 0 saturated carbocycles. The summed E-state index contributed by atoms with van der Waals surface area (Å²) in [4.78, 5) is 0. The molecule has 2 heterocycles. The van der Waals surface area contributed by atoms with E-state index in [1.165, 1.54) is 12.8 Å². The van der Waals surface area contributed by atoms with Gasteiger partial charge in [0, 0.05) is 23.1 Å². The van der Waals surface area contributed by atoms with Gasteiger partial charge in [0.05, 0.1) is 11.3 Å². The Morgan fingerprint density at radius 3 is 2.67 bits per heavy atom. The van der Waals surface area contributed by atoms with Gasteiger partial charge < -0.3 is 10.6 Å². The summed E-state index contributed by atoms with van der Waals surface area (Å²) in [6, 6.07) is 9.44. The number of benzene rings is 1. The monoisotopic (exact) mass is 261 g/mol. The molecule has 2 fully saturated rings. The molecule has 1 aromatic carbocycles. The number of nitriles is 1. The lowest BCUT2D eigenvalue weighted by molar-refractivity contribution is 0.378. The van der Waals surface area contributed by atoms with E-state index >= 15 is 0 Å². The molecule has 0 amide bonds. The first kappa shape index (κ1) is 11.8. The molecule has 2 unspecified atom stereocenters. The first-order valence-corrected chi connectivity index (χ1v) is 6.84. The van der Waals surface area contributed by atoms with Gasteiger partial charge >= 0.3 is 0 Å². The summed E-state index contributed by atoms with van der Waals surface area (Å²) in [5.74, 6) is 0. The van der Waals surface area contributed by atoms with Gasteiger partial charge in [-0.15, -0.1) is 0 Å². The highest BCUT2D eigenvalue weighted by Gasteiger charge is 2.33. The third-order valence-corrected chi connectivity index (χ3v) is 4.17. The fraction of sp³-hybridized carbons (Fsp3) is 0.500. The van der Waals surface area contributed by atoms with E-state index in [-0.39, 0.29) is 0 Å². The Hall–Kier alpha value is -1.24. The molecule has 2 aliphatic heterocycles. The molecule has 2 atom stereocenters. The van der Waals surface area contributed by atoms with E-state index in [2.05, 4.69) is 16.7 Å². The zero-order valence-electron chi connectivity index (χ0n) is 10.1. The summed E-state index contributed by atoms with van der Waals surface area (Å²) < 4.78 is 0. The van der Waals surface area contributed by atoms with Crippen molar-refractivity contribution in [3.05, 3.63) is 28.8 Å². The molecular formula is C14H16ClN3. The maximum atomic E-state index is 9.13. The fourth-order valence-electron chi connectivity index (χ4n) is 3.13. The second kappa shape index (κ2) is 4.79. The van der Waals surface area contributed by atoms with E-state index in [4.69, 9.17) is 16.9 Å². The van der Waals surface area contributed by atoms with Crippen LogP contribution in [-0.2, 0) is 0 Å². The number of hydrogen-bond acceptors (Lipinski definition) is 3. The Bertz CT molecular complexity index is 482. The summed E-state index contributed by atoms with van der Waals surface area (Å²) in [5, 5.41) is 16.9. The van der Waals surface area contributed by atoms with Crippen molar-refractivity contribution < 1.29 is 0 Å². The van der Waals surface area contributed by atoms with Crippen molar-refractivity contribution in [2.45, 2.75) is 43.8 Å². The smallest absolute Gasteiger partial charge is 0.101 e. The molecule has 0 aromatic heterocycles. The molecule has 18 heavy (non-hydrogen) atoms. The van der Waals surface area contributed by atoms with Gasteiger partial charge in [-0.25, -0.2) is 0 Å². The second-order valence-electron chi connectivity index (χ2n) is 5.25. The normalized spacial score (nSPS) is 29.9. The van der Waals surface area contributed by atoms with Gasteiger partial charge in [0.15, 0.2) is 0 Å². The molecule has 2 saturated heterocycles. The Morgan fingerprint density at radius 1 is 1.28 bits per heavy atom. The number of nitrogens with zero attached hydrogens (tertiary/aromatic N) is 1. The average Bonchev–Trinajstić information content (AvgIpc) is 2.71. The van der Waals surface area contributed by atoms with Gasteiger partial charge in [0.1, 0.15) is 6.07 Å². The van der Waals surface area contributed by atoms with E-state index in [9.17, 15) is 0 Å². The molecule has 94 valence electrons. The number of fused-ring (bicyclic) bond motifs is 2. The van der Waals surface area contributed by atoms with Crippen LogP contribution in [0.5, 0.6) is 0 Å². The van der Waals surface area contributed by atoms with Crippen molar-refractivity contribution in [1.29, 1.82) is 5.26 Å². The number of halogens is 1.